The van der Waals surface area contributed by atoms with Crippen molar-refractivity contribution in [2.24, 2.45) is 0 Å². The van der Waals surface area contributed by atoms with Crippen molar-refractivity contribution in [2.45, 2.75) is 39.9 Å². The van der Waals surface area contributed by atoms with Crippen molar-refractivity contribution in [3.05, 3.63) is 11.1 Å². The molecule has 2 heterocycles. The lowest BCUT2D eigenvalue weighted by molar-refractivity contribution is -0.00503. The molecule has 2 unspecified atom stereocenters. The summed E-state index contributed by atoms with van der Waals surface area (Å²) in [5, 5.41) is 1.58. The van der Waals surface area contributed by atoms with Crippen LogP contribution in [0.25, 0.3) is 0 Å². The second-order valence-corrected chi connectivity index (χ2v) is 6.18. The molecule has 0 spiro atoms. The minimum Gasteiger partial charge on any atom is -0.462 e. The predicted molar refractivity (Wildman–Crippen MR) is 81.6 cm³/mol. The summed E-state index contributed by atoms with van der Waals surface area (Å²) < 4.78 is 10.8. The molecule has 20 heavy (non-hydrogen) atoms. The van der Waals surface area contributed by atoms with E-state index in [1.807, 2.05) is 6.92 Å². The van der Waals surface area contributed by atoms with Crippen LogP contribution in [0, 0.1) is 6.92 Å². The van der Waals surface area contributed by atoms with Crippen LogP contribution >= 0.6 is 11.3 Å². The van der Waals surface area contributed by atoms with Crippen LogP contribution in [0.4, 0.5) is 10.0 Å². The topological polar surface area (TPSA) is 64.8 Å². The van der Waals surface area contributed by atoms with Crippen molar-refractivity contribution in [3.8, 4) is 0 Å². The molecule has 1 aliphatic rings. The maximum absolute atomic E-state index is 12.0. The zero-order valence-corrected chi connectivity index (χ0v) is 13.3. The number of nitrogens with zero attached hydrogens (tertiary/aromatic N) is 1. The van der Waals surface area contributed by atoms with E-state index in [0.717, 1.165) is 23.7 Å². The molecule has 1 aromatic rings. The van der Waals surface area contributed by atoms with E-state index in [2.05, 4.69) is 18.7 Å². The maximum atomic E-state index is 12.0. The highest BCUT2D eigenvalue weighted by atomic mass is 32.1. The number of rotatable bonds is 3. The molecule has 1 saturated heterocycles. The summed E-state index contributed by atoms with van der Waals surface area (Å²) in [4.78, 5) is 14.2. The minimum absolute atomic E-state index is 0.174. The first-order valence-corrected chi connectivity index (χ1v) is 7.72. The van der Waals surface area contributed by atoms with Gasteiger partial charge in [-0.25, -0.2) is 4.79 Å². The van der Waals surface area contributed by atoms with Gasteiger partial charge < -0.3 is 20.1 Å². The van der Waals surface area contributed by atoms with E-state index >= 15 is 0 Å². The minimum atomic E-state index is -0.334. The highest BCUT2D eigenvalue weighted by Crippen LogP contribution is 2.39. The Hall–Kier alpha value is -1.27. The second kappa shape index (κ2) is 6.01. The van der Waals surface area contributed by atoms with Gasteiger partial charge in [0.2, 0.25) is 0 Å². The number of nitrogen functional groups attached to an aromatic ring is 1. The number of thiophene rings is 1. The van der Waals surface area contributed by atoms with Gasteiger partial charge in [-0.3, -0.25) is 0 Å². The van der Waals surface area contributed by atoms with Crippen molar-refractivity contribution in [1.29, 1.82) is 0 Å². The molecule has 5 nitrogen and oxygen atoms in total. The molecule has 112 valence electrons. The first-order chi connectivity index (χ1) is 9.43. The van der Waals surface area contributed by atoms with E-state index in [1.54, 1.807) is 6.92 Å². The third kappa shape index (κ3) is 2.91. The first-order valence-electron chi connectivity index (χ1n) is 6.90. The van der Waals surface area contributed by atoms with Gasteiger partial charge in [-0.05, 0) is 27.7 Å². The first kappa shape index (κ1) is 15.1. The van der Waals surface area contributed by atoms with E-state index in [-0.39, 0.29) is 18.2 Å². The lowest BCUT2D eigenvalue weighted by atomic mass is 10.1. The molecular formula is C14H22N2O3S. The van der Waals surface area contributed by atoms with Crippen molar-refractivity contribution < 1.29 is 14.3 Å². The molecule has 1 aliphatic heterocycles. The average molecular weight is 298 g/mol. The smallest absolute Gasteiger partial charge is 0.341 e. The van der Waals surface area contributed by atoms with Gasteiger partial charge in [0.05, 0.1) is 29.4 Å². The molecular weight excluding hydrogens is 276 g/mol. The van der Waals surface area contributed by atoms with Gasteiger partial charge in [0.25, 0.3) is 0 Å². The number of nitrogens with two attached hydrogens (primary N) is 1. The van der Waals surface area contributed by atoms with Crippen LogP contribution in [0.1, 0.15) is 36.7 Å². The van der Waals surface area contributed by atoms with Gasteiger partial charge >= 0.3 is 5.97 Å². The van der Waals surface area contributed by atoms with Gasteiger partial charge in [0.1, 0.15) is 5.00 Å². The molecule has 0 saturated carbocycles. The summed E-state index contributed by atoms with van der Waals surface area (Å²) in [6.07, 6.45) is 0.347. The quantitative estimate of drug-likeness (QED) is 0.868. The molecule has 0 aromatic carbocycles. The van der Waals surface area contributed by atoms with Crippen molar-refractivity contribution in [1.82, 2.24) is 0 Å². The number of ether oxygens (including phenoxy) is 2. The Morgan fingerprint density at radius 2 is 2.05 bits per heavy atom. The molecule has 0 amide bonds. The number of hydrogen-bond donors (Lipinski definition) is 1. The zero-order chi connectivity index (χ0) is 14.9. The van der Waals surface area contributed by atoms with Crippen molar-refractivity contribution in [3.63, 3.8) is 0 Å². The predicted octanol–water partition coefficient (Wildman–Crippen LogP) is 2.43. The third-order valence-electron chi connectivity index (χ3n) is 3.34. The third-order valence-corrected chi connectivity index (χ3v) is 4.52. The Morgan fingerprint density at radius 3 is 2.60 bits per heavy atom. The lowest BCUT2D eigenvalue weighted by Gasteiger charge is -2.36. The van der Waals surface area contributed by atoms with Crippen LogP contribution in [-0.2, 0) is 9.47 Å². The molecule has 0 radical (unpaired) electrons. The van der Waals surface area contributed by atoms with Crippen molar-refractivity contribution >= 4 is 27.3 Å². The normalized spacial score (nSPS) is 22.9. The van der Waals surface area contributed by atoms with Crippen LogP contribution in [0.2, 0.25) is 0 Å². The summed E-state index contributed by atoms with van der Waals surface area (Å²) in [6, 6.07) is 0. The molecule has 6 heteroatoms. The molecule has 0 aliphatic carbocycles. The lowest BCUT2D eigenvalue weighted by Crippen LogP contribution is -2.45. The van der Waals surface area contributed by atoms with Crippen LogP contribution in [-0.4, -0.2) is 37.9 Å². The standard InChI is InChI=1S/C14H22N2O3S/c1-5-18-14(17)11-10(4)13(20-12(11)15)16-6-8(2)19-9(3)7-16/h8-9H,5-7,15H2,1-4H3. The average Bonchev–Trinajstić information content (AvgIpc) is 2.64. The van der Waals surface area contributed by atoms with Crippen LogP contribution < -0.4 is 10.6 Å². The van der Waals surface area contributed by atoms with E-state index in [4.69, 9.17) is 15.2 Å². The number of morpholine rings is 1. The Balaban J connectivity index is 2.29. The second-order valence-electron chi connectivity index (χ2n) is 5.15. The summed E-state index contributed by atoms with van der Waals surface area (Å²) >= 11 is 1.45. The number of hydrogen-bond acceptors (Lipinski definition) is 6. The summed E-state index contributed by atoms with van der Waals surface area (Å²) in [5.41, 5.74) is 7.43. The van der Waals surface area contributed by atoms with E-state index in [9.17, 15) is 4.79 Å². The largest absolute Gasteiger partial charge is 0.462 e. The monoisotopic (exact) mass is 298 g/mol. The van der Waals surface area contributed by atoms with E-state index < -0.39 is 0 Å². The van der Waals surface area contributed by atoms with Crippen LogP contribution in [0.5, 0.6) is 0 Å². The molecule has 2 rings (SSSR count). The number of esters is 1. The van der Waals surface area contributed by atoms with Gasteiger partial charge in [0, 0.05) is 18.7 Å². The zero-order valence-electron chi connectivity index (χ0n) is 12.4. The fourth-order valence-corrected chi connectivity index (χ4v) is 3.71. The Labute approximate surface area is 123 Å². The van der Waals surface area contributed by atoms with Gasteiger partial charge in [-0.1, -0.05) is 0 Å². The van der Waals surface area contributed by atoms with Crippen LogP contribution in [0.15, 0.2) is 0 Å². The Kier molecular flexibility index (Phi) is 4.55. The van der Waals surface area contributed by atoms with Gasteiger partial charge in [-0.15, -0.1) is 11.3 Å². The number of anilines is 2. The van der Waals surface area contributed by atoms with Crippen molar-refractivity contribution in [2.75, 3.05) is 30.3 Å². The van der Waals surface area contributed by atoms with E-state index in [1.165, 1.54) is 11.3 Å². The highest BCUT2D eigenvalue weighted by Gasteiger charge is 2.28. The summed E-state index contributed by atoms with van der Waals surface area (Å²) in [6.45, 7) is 9.82. The SMILES string of the molecule is CCOC(=O)c1c(N)sc(N2CC(C)OC(C)C2)c1C. The fourth-order valence-electron chi connectivity index (χ4n) is 2.63. The number of carbonyl (C=O) groups excluding carboxylic acids is 1. The summed E-state index contributed by atoms with van der Waals surface area (Å²) in [5.74, 6) is -0.334. The maximum Gasteiger partial charge on any atom is 0.341 e. The molecule has 1 fully saturated rings. The Morgan fingerprint density at radius 1 is 1.45 bits per heavy atom. The summed E-state index contributed by atoms with van der Waals surface area (Å²) in [7, 11) is 0. The Bertz CT molecular complexity index is 491. The van der Waals surface area contributed by atoms with E-state index in [0.29, 0.717) is 17.2 Å². The molecule has 1 aromatic heterocycles. The highest BCUT2D eigenvalue weighted by molar-refractivity contribution is 7.20. The fraction of sp³-hybridized carbons (Fsp3) is 0.643. The number of carbonyl (C=O) groups is 1. The molecule has 2 N–H and O–H groups in total. The van der Waals surface area contributed by atoms with Gasteiger partial charge in [-0.2, -0.15) is 0 Å². The van der Waals surface area contributed by atoms with Gasteiger partial charge in [0.15, 0.2) is 0 Å². The molecule has 2 atom stereocenters. The molecule has 0 bridgehead atoms. The van der Waals surface area contributed by atoms with Crippen LogP contribution in [0.3, 0.4) is 0 Å².